The summed E-state index contributed by atoms with van der Waals surface area (Å²) in [6, 6.07) is 2.65. The Bertz CT molecular complexity index is 511. The van der Waals surface area contributed by atoms with Gasteiger partial charge in [0.15, 0.2) is 11.5 Å². The second-order valence-electron chi connectivity index (χ2n) is 3.99. The third kappa shape index (κ3) is 3.83. The molecule has 108 valence electrons. The molecule has 0 aliphatic rings. The van der Waals surface area contributed by atoms with E-state index in [-0.39, 0.29) is 30.2 Å². The second kappa shape index (κ2) is 7.30. The number of aliphatic hydroxyl groups is 1. The molecule has 20 heavy (non-hydrogen) atoms. The zero-order valence-electron chi connectivity index (χ0n) is 11.2. The van der Waals surface area contributed by atoms with E-state index in [1.807, 2.05) is 0 Å². The minimum absolute atomic E-state index is 0.167. The molecule has 0 saturated heterocycles. The molecule has 1 unspecified atom stereocenters. The van der Waals surface area contributed by atoms with Gasteiger partial charge >= 0.3 is 0 Å². The molecule has 1 rings (SSSR count). The first kappa shape index (κ1) is 15.7. The predicted octanol–water partition coefficient (Wildman–Crippen LogP) is 2.78. The van der Waals surface area contributed by atoms with Crippen LogP contribution in [0.4, 0.5) is 5.69 Å². The van der Waals surface area contributed by atoms with E-state index in [1.165, 1.54) is 25.1 Å². The molecule has 6 nitrogen and oxygen atoms in total. The summed E-state index contributed by atoms with van der Waals surface area (Å²) in [5.41, 5.74) is -0.0509. The van der Waals surface area contributed by atoms with Crippen LogP contribution in [0.2, 0.25) is 0 Å². The lowest BCUT2D eigenvalue weighted by atomic mass is 10.1. The lowest BCUT2D eigenvalue weighted by Gasteiger charge is -2.14. The van der Waals surface area contributed by atoms with Gasteiger partial charge in [-0.05, 0) is 13.0 Å². The normalized spacial score (nSPS) is 11.5. The average Bonchev–Trinajstić information content (AvgIpc) is 2.42. The molecule has 0 aromatic heterocycles. The van der Waals surface area contributed by atoms with Crippen molar-refractivity contribution >= 4 is 5.69 Å². The van der Waals surface area contributed by atoms with Crippen molar-refractivity contribution in [3.63, 3.8) is 0 Å². The van der Waals surface area contributed by atoms with E-state index >= 15 is 0 Å². The van der Waals surface area contributed by atoms with E-state index in [2.05, 4.69) is 13.2 Å². The summed E-state index contributed by atoms with van der Waals surface area (Å²) >= 11 is 0. The highest BCUT2D eigenvalue weighted by Crippen LogP contribution is 2.37. The van der Waals surface area contributed by atoms with Crippen LogP contribution >= 0.6 is 0 Å². The van der Waals surface area contributed by atoms with E-state index in [0.29, 0.717) is 5.75 Å². The fraction of sp³-hybridized carbons (Fsp3) is 0.286. The summed E-state index contributed by atoms with van der Waals surface area (Å²) in [7, 11) is 0. The predicted molar refractivity (Wildman–Crippen MR) is 75.1 cm³/mol. The van der Waals surface area contributed by atoms with Crippen molar-refractivity contribution < 1.29 is 19.5 Å². The van der Waals surface area contributed by atoms with Crippen LogP contribution in [0.3, 0.4) is 0 Å². The topological polar surface area (TPSA) is 81.8 Å². The third-order valence-corrected chi connectivity index (χ3v) is 2.45. The zero-order valence-corrected chi connectivity index (χ0v) is 11.2. The van der Waals surface area contributed by atoms with Gasteiger partial charge < -0.3 is 14.6 Å². The van der Waals surface area contributed by atoms with Gasteiger partial charge in [-0.1, -0.05) is 25.3 Å². The Morgan fingerprint density at radius 1 is 1.30 bits per heavy atom. The largest absolute Gasteiger partial charge is 0.486 e. The summed E-state index contributed by atoms with van der Waals surface area (Å²) in [6.07, 6.45) is 2.07. The van der Waals surface area contributed by atoms with Crippen molar-refractivity contribution in [2.45, 2.75) is 13.0 Å². The molecule has 0 saturated carbocycles. The number of nitro groups is 1. The third-order valence-electron chi connectivity index (χ3n) is 2.45. The highest BCUT2D eigenvalue weighted by Gasteiger charge is 2.22. The number of nitro benzene ring substituents is 1. The van der Waals surface area contributed by atoms with Gasteiger partial charge in [-0.15, -0.1) is 0 Å². The monoisotopic (exact) mass is 279 g/mol. The molecule has 0 aliphatic heterocycles. The van der Waals surface area contributed by atoms with Crippen LogP contribution in [-0.4, -0.2) is 23.2 Å². The van der Waals surface area contributed by atoms with Crippen LogP contribution in [0.5, 0.6) is 11.5 Å². The van der Waals surface area contributed by atoms with Gasteiger partial charge in [0, 0.05) is 0 Å². The van der Waals surface area contributed by atoms with Crippen molar-refractivity contribution in [1.82, 2.24) is 0 Å². The van der Waals surface area contributed by atoms with Crippen LogP contribution < -0.4 is 9.47 Å². The maximum Gasteiger partial charge on any atom is 0.279 e. The minimum Gasteiger partial charge on any atom is -0.486 e. The average molecular weight is 279 g/mol. The molecule has 1 atom stereocenters. The van der Waals surface area contributed by atoms with Gasteiger partial charge in [-0.2, -0.15) is 0 Å². The Kier molecular flexibility index (Phi) is 5.74. The fourth-order valence-electron chi connectivity index (χ4n) is 1.58. The molecule has 0 amide bonds. The van der Waals surface area contributed by atoms with Gasteiger partial charge in [0.25, 0.3) is 5.69 Å². The van der Waals surface area contributed by atoms with Crippen LogP contribution in [0.25, 0.3) is 0 Å². The van der Waals surface area contributed by atoms with Crippen molar-refractivity contribution in [1.29, 1.82) is 0 Å². The number of nitrogens with zero attached hydrogens (tertiary/aromatic N) is 1. The smallest absolute Gasteiger partial charge is 0.279 e. The number of hydrogen-bond donors (Lipinski definition) is 1. The van der Waals surface area contributed by atoms with E-state index in [0.717, 1.165) is 0 Å². The molecule has 6 heteroatoms. The number of aliphatic hydroxyl groups excluding tert-OH is 1. The van der Waals surface area contributed by atoms with Crippen molar-refractivity contribution in [2.24, 2.45) is 0 Å². The molecule has 1 N–H and O–H groups in total. The Morgan fingerprint density at radius 2 is 1.80 bits per heavy atom. The minimum atomic E-state index is -0.991. The number of ether oxygens (including phenoxy) is 2. The van der Waals surface area contributed by atoms with Crippen molar-refractivity contribution in [3.8, 4) is 11.5 Å². The molecule has 0 fully saturated rings. The Labute approximate surface area is 117 Å². The fourth-order valence-corrected chi connectivity index (χ4v) is 1.58. The summed E-state index contributed by atoms with van der Waals surface area (Å²) in [5, 5.41) is 20.7. The summed E-state index contributed by atoms with van der Waals surface area (Å²) in [5.74, 6) is 0.538. The van der Waals surface area contributed by atoms with E-state index in [9.17, 15) is 15.2 Å². The molecule has 0 radical (unpaired) electrons. The van der Waals surface area contributed by atoms with Crippen molar-refractivity contribution in [3.05, 3.63) is 53.1 Å². The molecule has 0 spiro atoms. The molecule has 1 aromatic carbocycles. The van der Waals surface area contributed by atoms with Gasteiger partial charge in [0.05, 0.1) is 22.7 Å². The van der Waals surface area contributed by atoms with Crippen LogP contribution in [0, 0.1) is 10.1 Å². The van der Waals surface area contributed by atoms with Crippen LogP contribution in [-0.2, 0) is 0 Å². The molecule has 0 heterocycles. The molecule has 1 aromatic rings. The maximum absolute atomic E-state index is 11.0. The highest BCUT2D eigenvalue weighted by atomic mass is 16.6. The molecule has 0 aliphatic carbocycles. The summed E-state index contributed by atoms with van der Waals surface area (Å²) < 4.78 is 10.7. The van der Waals surface area contributed by atoms with Gasteiger partial charge in [0.2, 0.25) is 0 Å². The van der Waals surface area contributed by atoms with Gasteiger partial charge in [-0.25, -0.2) is 0 Å². The Balaban J connectivity index is 3.30. The summed E-state index contributed by atoms with van der Waals surface area (Å²) in [4.78, 5) is 10.5. The van der Waals surface area contributed by atoms with E-state index < -0.39 is 11.0 Å². The Hall–Kier alpha value is -2.34. The van der Waals surface area contributed by atoms with Crippen LogP contribution in [0.1, 0.15) is 18.6 Å². The quantitative estimate of drug-likeness (QED) is 0.449. The zero-order chi connectivity index (χ0) is 15.1. The number of hydrogen-bond acceptors (Lipinski definition) is 5. The van der Waals surface area contributed by atoms with Crippen LogP contribution in [0.15, 0.2) is 37.4 Å². The van der Waals surface area contributed by atoms with E-state index in [1.54, 1.807) is 6.08 Å². The number of rotatable bonds is 8. The first-order chi connectivity index (χ1) is 9.51. The van der Waals surface area contributed by atoms with Gasteiger partial charge in [-0.3, -0.25) is 10.1 Å². The standard InChI is InChI=1S/C14H17NO5/c1-4-6-19-13-8-11(10(3)16)12(15(17)18)9-14(13)20-7-5-2/h4-5,8-10,16H,1-2,6-7H2,3H3. The number of benzene rings is 1. The SMILES string of the molecule is C=CCOc1cc(C(C)O)c([N+](=O)[O-])cc1OCC=C. The Morgan fingerprint density at radius 3 is 2.20 bits per heavy atom. The van der Waals surface area contributed by atoms with Gasteiger partial charge in [0.1, 0.15) is 13.2 Å². The highest BCUT2D eigenvalue weighted by molar-refractivity contribution is 5.55. The van der Waals surface area contributed by atoms with E-state index in [4.69, 9.17) is 9.47 Å². The molecule has 0 bridgehead atoms. The lowest BCUT2D eigenvalue weighted by Crippen LogP contribution is -2.04. The molecular formula is C14H17NO5. The second-order valence-corrected chi connectivity index (χ2v) is 3.99. The van der Waals surface area contributed by atoms with Crippen molar-refractivity contribution in [2.75, 3.05) is 13.2 Å². The maximum atomic E-state index is 11.0. The lowest BCUT2D eigenvalue weighted by molar-refractivity contribution is -0.386. The molecular weight excluding hydrogens is 262 g/mol. The summed E-state index contributed by atoms with van der Waals surface area (Å²) in [6.45, 7) is 8.91. The first-order valence-corrected chi connectivity index (χ1v) is 5.99. The first-order valence-electron chi connectivity index (χ1n) is 5.99.